The summed E-state index contributed by atoms with van der Waals surface area (Å²) < 4.78 is 35.4. The van der Waals surface area contributed by atoms with Crippen molar-refractivity contribution in [3.05, 3.63) is 41.1 Å². The molecule has 26 heavy (non-hydrogen) atoms. The minimum Gasteiger partial charge on any atom is -0.463 e. The Hall–Kier alpha value is -2.42. The third-order valence-electron chi connectivity index (χ3n) is 3.91. The normalized spacial score (nSPS) is 19.6. The number of aliphatic imine (C=N–C) groups is 1. The van der Waals surface area contributed by atoms with Crippen molar-refractivity contribution in [3.63, 3.8) is 0 Å². The molecule has 1 saturated heterocycles. The molecule has 1 aromatic rings. The van der Waals surface area contributed by atoms with Crippen molar-refractivity contribution in [2.24, 2.45) is 4.99 Å². The van der Waals surface area contributed by atoms with E-state index < -0.39 is 18.6 Å². The number of amidine groups is 1. The Morgan fingerprint density at radius 1 is 1.42 bits per heavy atom. The lowest BCUT2D eigenvalue weighted by Gasteiger charge is -2.33. The van der Waals surface area contributed by atoms with Crippen LogP contribution in [-0.4, -0.2) is 40.9 Å². The summed E-state index contributed by atoms with van der Waals surface area (Å²) >= 11 is 1.23. The Kier molecular flexibility index (Phi) is 5.26. The van der Waals surface area contributed by atoms with Crippen molar-refractivity contribution in [2.45, 2.75) is 26.5 Å². The summed E-state index contributed by atoms with van der Waals surface area (Å²) in [5.74, 6) is -0.848. The molecule has 3 rings (SSSR count). The number of ether oxygens (including phenoxy) is 2. The predicted molar refractivity (Wildman–Crippen MR) is 91.9 cm³/mol. The second-order valence-electron chi connectivity index (χ2n) is 5.49. The van der Waals surface area contributed by atoms with Gasteiger partial charge in [-0.1, -0.05) is 30.0 Å². The SMILES string of the molecule is CCOC(=O)C1=C(C)N=C2SCC(=O)N2C1c1ccccc1OC(F)F. The van der Waals surface area contributed by atoms with Gasteiger partial charge in [-0.2, -0.15) is 8.78 Å². The van der Waals surface area contributed by atoms with E-state index in [9.17, 15) is 18.4 Å². The molecule has 1 aromatic carbocycles. The van der Waals surface area contributed by atoms with E-state index in [1.807, 2.05) is 0 Å². The minimum atomic E-state index is -3.03. The van der Waals surface area contributed by atoms with E-state index in [4.69, 9.17) is 4.74 Å². The van der Waals surface area contributed by atoms with Gasteiger partial charge in [0.2, 0.25) is 5.91 Å². The number of carbonyl (C=O) groups excluding carboxylic acids is 2. The first-order chi connectivity index (χ1) is 12.4. The van der Waals surface area contributed by atoms with Gasteiger partial charge < -0.3 is 9.47 Å². The van der Waals surface area contributed by atoms with E-state index in [2.05, 4.69) is 9.73 Å². The van der Waals surface area contributed by atoms with Gasteiger partial charge in [-0.05, 0) is 19.9 Å². The topological polar surface area (TPSA) is 68.2 Å². The van der Waals surface area contributed by atoms with Crippen LogP contribution in [0.1, 0.15) is 25.5 Å². The van der Waals surface area contributed by atoms with Crippen molar-refractivity contribution < 1.29 is 27.8 Å². The average molecular weight is 382 g/mol. The summed E-state index contributed by atoms with van der Waals surface area (Å²) in [7, 11) is 0. The number of rotatable bonds is 5. The average Bonchev–Trinajstić information content (AvgIpc) is 2.94. The van der Waals surface area contributed by atoms with E-state index in [1.165, 1.54) is 22.7 Å². The molecule has 0 aromatic heterocycles. The van der Waals surface area contributed by atoms with Gasteiger partial charge in [0.1, 0.15) is 11.8 Å². The van der Waals surface area contributed by atoms with E-state index >= 15 is 0 Å². The number of hydrogen-bond donors (Lipinski definition) is 0. The molecule has 6 nitrogen and oxygen atoms in total. The van der Waals surface area contributed by atoms with Crippen LogP contribution in [0.5, 0.6) is 5.75 Å². The molecule has 0 aliphatic carbocycles. The fourth-order valence-corrected chi connectivity index (χ4v) is 3.86. The Morgan fingerprint density at radius 2 is 2.15 bits per heavy atom. The number of para-hydroxylation sites is 1. The lowest BCUT2D eigenvalue weighted by Crippen LogP contribution is -2.39. The molecule has 1 fully saturated rings. The highest BCUT2D eigenvalue weighted by atomic mass is 32.2. The van der Waals surface area contributed by atoms with E-state index in [0.29, 0.717) is 10.9 Å². The number of esters is 1. The molecule has 0 N–H and O–H groups in total. The van der Waals surface area contributed by atoms with Crippen LogP contribution in [0.4, 0.5) is 8.78 Å². The van der Waals surface area contributed by atoms with Gasteiger partial charge in [0.05, 0.1) is 23.6 Å². The summed E-state index contributed by atoms with van der Waals surface area (Å²) in [5.41, 5.74) is 0.795. The first-order valence-electron chi connectivity index (χ1n) is 7.89. The number of fused-ring (bicyclic) bond motifs is 1. The van der Waals surface area contributed by atoms with Crippen molar-refractivity contribution in [1.29, 1.82) is 0 Å². The molecule has 0 radical (unpaired) electrons. The van der Waals surface area contributed by atoms with E-state index in [0.717, 1.165) is 0 Å². The Balaban J connectivity index is 2.16. The van der Waals surface area contributed by atoms with Gasteiger partial charge >= 0.3 is 12.6 Å². The largest absolute Gasteiger partial charge is 0.463 e. The summed E-state index contributed by atoms with van der Waals surface area (Å²) in [6.45, 7) is 0.387. The van der Waals surface area contributed by atoms with Crippen molar-refractivity contribution in [2.75, 3.05) is 12.4 Å². The molecule has 9 heteroatoms. The number of nitrogens with zero attached hydrogens (tertiary/aromatic N) is 2. The summed E-state index contributed by atoms with van der Waals surface area (Å²) in [6.07, 6.45) is 0. The Morgan fingerprint density at radius 3 is 2.85 bits per heavy atom. The van der Waals surface area contributed by atoms with Crippen LogP contribution in [0.3, 0.4) is 0 Å². The highest BCUT2D eigenvalue weighted by Crippen LogP contribution is 2.43. The molecule has 2 heterocycles. The van der Waals surface area contributed by atoms with Crippen LogP contribution < -0.4 is 4.74 Å². The molecular formula is C17H16F2N2O4S. The maximum atomic E-state index is 12.8. The van der Waals surface area contributed by atoms with Crippen LogP contribution in [0.15, 0.2) is 40.5 Å². The maximum Gasteiger partial charge on any atom is 0.387 e. The van der Waals surface area contributed by atoms with E-state index in [-0.39, 0.29) is 35.2 Å². The first kappa shape index (κ1) is 18.4. The molecule has 1 unspecified atom stereocenters. The number of alkyl halides is 2. The second-order valence-corrected chi connectivity index (χ2v) is 6.43. The standard InChI is InChI=1S/C17H16F2N2O4S/c1-3-24-15(23)13-9(2)20-17-21(12(22)8-26-17)14(13)10-6-4-5-7-11(10)25-16(18)19/h4-7,14,16H,3,8H2,1-2H3. The van der Waals surface area contributed by atoms with E-state index in [1.54, 1.807) is 32.0 Å². The Labute approximate surface area is 152 Å². The third kappa shape index (κ3) is 3.31. The molecule has 138 valence electrons. The Bertz CT molecular complexity index is 810. The van der Waals surface area contributed by atoms with Crippen LogP contribution in [-0.2, 0) is 14.3 Å². The highest BCUT2D eigenvalue weighted by Gasteiger charge is 2.44. The van der Waals surface area contributed by atoms with Crippen molar-refractivity contribution in [3.8, 4) is 5.75 Å². The second kappa shape index (κ2) is 7.45. The highest BCUT2D eigenvalue weighted by molar-refractivity contribution is 8.15. The lowest BCUT2D eigenvalue weighted by atomic mass is 9.93. The summed E-state index contributed by atoms with van der Waals surface area (Å²) in [6, 6.07) is 5.16. The van der Waals surface area contributed by atoms with Crippen LogP contribution >= 0.6 is 11.8 Å². The number of amides is 1. The fourth-order valence-electron chi connectivity index (χ4n) is 2.92. The lowest BCUT2D eigenvalue weighted by molar-refractivity contribution is -0.139. The monoisotopic (exact) mass is 382 g/mol. The summed E-state index contributed by atoms with van der Waals surface area (Å²) in [5, 5.41) is 0.428. The zero-order valence-electron chi connectivity index (χ0n) is 14.1. The predicted octanol–water partition coefficient (Wildman–Crippen LogP) is 3.11. The van der Waals surface area contributed by atoms with Gasteiger partial charge in [-0.25, -0.2) is 9.79 Å². The zero-order chi connectivity index (χ0) is 18.8. The number of allylic oxidation sites excluding steroid dienone is 1. The molecular weight excluding hydrogens is 366 g/mol. The van der Waals surface area contributed by atoms with Gasteiger partial charge in [0, 0.05) is 5.56 Å². The zero-order valence-corrected chi connectivity index (χ0v) is 14.9. The molecule has 0 spiro atoms. The van der Waals surface area contributed by atoms with Crippen LogP contribution in [0.2, 0.25) is 0 Å². The molecule has 0 bridgehead atoms. The molecule has 2 aliphatic heterocycles. The van der Waals surface area contributed by atoms with Crippen molar-refractivity contribution >= 4 is 28.8 Å². The smallest absolute Gasteiger partial charge is 0.387 e. The maximum absolute atomic E-state index is 12.8. The quantitative estimate of drug-likeness (QED) is 0.732. The molecule has 0 saturated carbocycles. The van der Waals surface area contributed by atoms with Gasteiger partial charge in [0.25, 0.3) is 0 Å². The summed E-state index contributed by atoms with van der Waals surface area (Å²) in [4.78, 5) is 30.6. The van der Waals surface area contributed by atoms with Crippen molar-refractivity contribution in [1.82, 2.24) is 4.90 Å². The number of halogens is 2. The number of hydrogen-bond acceptors (Lipinski definition) is 6. The minimum absolute atomic E-state index is 0.104. The van der Waals surface area contributed by atoms with Crippen LogP contribution in [0, 0.1) is 0 Å². The molecule has 1 atom stereocenters. The molecule has 2 aliphatic rings. The number of benzene rings is 1. The number of thioether (sulfide) groups is 1. The third-order valence-corrected chi connectivity index (χ3v) is 4.85. The van der Waals surface area contributed by atoms with Gasteiger partial charge in [-0.3, -0.25) is 9.69 Å². The van der Waals surface area contributed by atoms with Gasteiger partial charge in [0.15, 0.2) is 5.17 Å². The fraction of sp³-hybridized carbons (Fsp3) is 0.353. The number of carbonyl (C=O) groups is 2. The van der Waals surface area contributed by atoms with Crippen LogP contribution in [0.25, 0.3) is 0 Å². The molecule has 1 amide bonds. The van der Waals surface area contributed by atoms with Gasteiger partial charge in [-0.15, -0.1) is 0 Å². The first-order valence-corrected chi connectivity index (χ1v) is 8.87.